The highest BCUT2D eigenvalue weighted by molar-refractivity contribution is 5.70. The van der Waals surface area contributed by atoms with Crippen molar-refractivity contribution in [2.75, 3.05) is 7.11 Å². The quantitative estimate of drug-likeness (QED) is 0.460. The smallest absolute Gasteiger partial charge is 0.305 e. The van der Waals surface area contributed by atoms with E-state index in [1.54, 1.807) is 0 Å². The largest absolute Gasteiger partial charge is 0.481 e. The molecule has 0 aromatic heterocycles. The lowest BCUT2D eigenvalue weighted by molar-refractivity contribution is -0.141. The molecule has 0 radical (unpaired) electrons. The van der Waals surface area contributed by atoms with Crippen LogP contribution in [0.3, 0.4) is 0 Å². The zero-order valence-electron chi connectivity index (χ0n) is 12.5. The van der Waals surface area contributed by atoms with Crippen molar-refractivity contribution >= 4 is 23.9 Å². The highest BCUT2D eigenvalue weighted by atomic mass is 16.5. The topological polar surface area (TPSA) is 138 Å². The first-order valence-corrected chi connectivity index (χ1v) is 6.93. The van der Waals surface area contributed by atoms with Gasteiger partial charge in [0, 0.05) is 25.7 Å². The van der Waals surface area contributed by atoms with Crippen LogP contribution in [0.2, 0.25) is 0 Å². The van der Waals surface area contributed by atoms with Gasteiger partial charge < -0.3 is 20.1 Å². The molecule has 0 aliphatic rings. The number of rotatable bonds is 12. The van der Waals surface area contributed by atoms with Crippen LogP contribution in [0.5, 0.6) is 0 Å². The number of carbonyl (C=O) groups is 4. The third kappa shape index (κ3) is 8.93. The summed E-state index contributed by atoms with van der Waals surface area (Å²) in [6.45, 7) is 0. The first kappa shape index (κ1) is 19.9. The van der Waals surface area contributed by atoms with Crippen molar-refractivity contribution in [2.24, 2.45) is 5.41 Å². The van der Waals surface area contributed by atoms with E-state index in [0.717, 1.165) is 0 Å². The van der Waals surface area contributed by atoms with Crippen molar-refractivity contribution < 1.29 is 39.2 Å². The molecule has 8 heteroatoms. The van der Waals surface area contributed by atoms with Gasteiger partial charge in [-0.25, -0.2) is 0 Å². The van der Waals surface area contributed by atoms with Crippen LogP contribution in [0.15, 0.2) is 0 Å². The Morgan fingerprint density at radius 3 is 1.32 bits per heavy atom. The van der Waals surface area contributed by atoms with Gasteiger partial charge >= 0.3 is 23.9 Å². The Bertz CT molecular complexity index is 370. The van der Waals surface area contributed by atoms with Gasteiger partial charge in [0.2, 0.25) is 0 Å². The number of carboxylic acid groups (broad SMARTS) is 3. The van der Waals surface area contributed by atoms with Crippen molar-refractivity contribution in [3.05, 3.63) is 0 Å². The zero-order chi connectivity index (χ0) is 17.2. The van der Waals surface area contributed by atoms with E-state index in [-0.39, 0.29) is 51.4 Å². The molecule has 0 heterocycles. The Morgan fingerprint density at radius 1 is 0.727 bits per heavy atom. The van der Waals surface area contributed by atoms with Gasteiger partial charge in [-0.05, 0) is 31.1 Å². The second kappa shape index (κ2) is 9.75. The first-order chi connectivity index (χ1) is 10.2. The summed E-state index contributed by atoms with van der Waals surface area (Å²) in [4.78, 5) is 43.7. The van der Waals surface area contributed by atoms with Gasteiger partial charge in [0.1, 0.15) is 0 Å². The van der Waals surface area contributed by atoms with E-state index in [4.69, 9.17) is 15.3 Å². The minimum Gasteiger partial charge on any atom is -0.481 e. The third-order valence-electron chi connectivity index (χ3n) is 3.69. The average molecular weight is 318 g/mol. The number of methoxy groups -OCH3 is 1. The van der Waals surface area contributed by atoms with Crippen molar-refractivity contribution in [3.8, 4) is 0 Å². The van der Waals surface area contributed by atoms with E-state index in [1.807, 2.05) is 0 Å². The summed E-state index contributed by atoms with van der Waals surface area (Å²) in [5.74, 6) is -3.64. The number of esters is 1. The highest BCUT2D eigenvalue weighted by Gasteiger charge is 2.32. The van der Waals surface area contributed by atoms with Crippen molar-refractivity contribution in [2.45, 2.75) is 51.4 Å². The molecule has 0 aromatic rings. The maximum Gasteiger partial charge on any atom is 0.305 e. The number of aliphatic carboxylic acids is 3. The van der Waals surface area contributed by atoms with Gasteiger partial charge in [-0.15, -0.1) is 0 Å². The Labute approximate surface area is 128 Å². The lowest BCUT2D eigenvalue weighted by Crippen LogP contribution is -2.26. The molecule has 0 aliphatic carbocycles. The number of hydrogen-bond donors (Lipinski definition) is 3. The summed E-state index contributed by atoms with van der Waals surface area (Å²) in [6.07, 6.45) is -0.0518. The lowest BCUT2D eigenvalue weighted by Gasteiger charge is -2.33. The normalized spacial score (nSPS) is 11.0. The van der Waals surface area contributed by atoms with Gasteiger partial charge in [-0.2, -0.15) is 0 Å². The van der Waals surface area contributed by atoms with Crippen LogP contribution in [-0.4, -0.2) is 46.3 Å². The number of carboxylic acids is 3. The maximum atomic E-state index is 11.3. The van der Waals surface area contributed by atoms with Gasteiger partial charge in [-0.1, -0.05) is 0 Å². The molecule has 126 valence electrons. The SMILES string of the molecule is COC(=O)CCC(CCC(=O)O)(CCC(=O)O)CCC(=O)O. The first-order valence-electron chi connectivity index (χ1n) is 6.93. The van der Waals surface area contributed by atoms with Crippen LogP contribution in [-0.2, 0) is 23.9 Å². The van der Waals surface area contributed by atoms with Crippen molar-refractivity contribution in [1.29, 1.82) is 0 Å². The average Bonchev–Trinajstić information content (AvgIpc) is 2.45. The van der Waals surface area contributed by atoms with E-state index >= 15 is 0 Å². The molecule has 0 aromatic carbocycles. The molecule has 0 fully saturated rings. The van der Waals surface area contributed by atoms with Crippen LogP contribution in [0, 0.1) is 5.41 Å². The van der Waals surface area contributed by atoms with E-state index in [1.165, 1.54) is 7.11 Å². The Balaban J connectivity index is 5.06. The van der Waals surface area contributed by atoms with Crippen LogP contribution >= 0.6 is 0 Å². The fraction of sp³-hybridized carbons (Fsp3) is 0.714. The van der Waals surface area contributed by atoms with Gasteiger partial charge in [0.25, 0.3) is 0 Å². The van der Waals surface area contributed by atoms with Crippen LogP contribution in [0.25, 0.3) is 0 Å². The Morgan fingerprint density at radius 2 is 1.05 bits per heavy atom. The Kier molecular flexibility index (Phi) is 8.81. The summed E-state index contributed by atoms with van der Waals surface area (Å²) < 4.78 is 4.53. The second-order valence-corrected chi connectivity index (χ2v) is 5.26. The monoisotopic (exact) mass is 318 g/mol. The maximum absolute atomic E-state index is 11.3. The zero-order valence-corrected chi connectivity index (χ0v) is 12.5. The minimum atomic E-state index is -1.05. The standard InChI is InChI=1S/C14H22O8/c1-22-13(21)5-9-14(6-2-10(15)16,7-3-11(17)18)8-4-12(19)20/h2-9H2,1H3,(H,15,16)(H,17,18)(H,19,20). The van der Waals surface area contributed by atoms with Crippen molar-refractivity contribution in [3.63, 3.8) is 0 Å². The molecular weight excluding hydrogens is 296 g/mol. The molecule has 8 nitrogen and oxygen atoms in total. The fourth-order valence-corrected chi connectivity index (χ4v) is 2.34. The van der Waals surface area contributed by atoms with Crippen molar-refractivity contribution in [1.82, 2.24) is 0 Å². The molecular formula is C14H22O8. The molecule has 0 aliphatic heterocycles. The van der Waals surface area contributed by atoms with E-state index in [2.05, 4.69) is 4.74 Å². The third-order valence-corrected chi connectivity index (χ3v) is 3.69. The van der Waals surface area contributed by atoms with Crippen LogP contribution < -0.4 is 0 Å². The molecule has 0 saturated carbocycles. The molecule has 0 atom stereocenters. The van der Waals surface area contributed by atoms with Gasteiger partial charge in [-0.3, -0.25) is 19.2 Å². The molecule has 22 heavy (non-hydrogen) atoms. The summed E-state index contributed by atoms with van der Waals surface area (Å²) in [5, 5.41) is 26.5. The number of ether oxygens (including phenoxy) is 1. The molecule has 0 saturated heterocycles. The number of carbonyl (C=O) groups excluding carboxylic acids is 1. The Hall–Kier alpha value is -2.12. The molecule has 0 bridgehead atoms. The minimum absolute atomic E-state index is 0.00461. The molecule has 0 rings (SSSR count). The number of hydrogen-bond acceptors (Lipinski definition) is 5. The van der Waals surface area contributed by atoms with Crippen LogP contribution in [0.1, 0.15) is 51.4 Å². The highest BCUT2D eigenvalue weighted by Crippen LogP contribution is 2.40. The second-order valence-electron chi connectivity index (χ2n) is 5.26. The van der Waals surface area contributed by atoms with Gasteiger partial charge in [0.05, 0.1) is 7.11 Å². The summed E-state index contributed by atoms with van der Waals surface area (Å²) in [5.41, 5.74) is -0.816. The summed E-state index contributed by atoms with van der Waals surface area (Å²) in [7, 11) is 1.22. The lowest BCUT2D eigenvalue weighted by atomic mass is 9.72. The molecule has 3 N–H and O–H groups in total. The van der Waals surface area contributed by atoms with Gasteiger partial charge in [0.15, 0.2) is 0 Å². The summed E-state index contributed by atoms with van der Waals surface area (Å²) >= 11 is 0. The van der Waals surface area contributed by atoms with E-state index < -0.39 is 29.3 Å². The molecule has 0 spiro atoms. The van der Waals surface area contributed by atoms with E-state index in [9.17, 15) is 19.2 Å². The van der Waals surface area contributed by atoms with E-state index in [0.29, 0.717) is 0 Å². The predicted octanol–water partition coefficient (Wildman–Crippen LogP) is 1.52. The molecule has 0 unspecified atom stereocenters. The summed E-state index contributed by atoms with van der Waals surface area (Å²) in [6, 6.07) is 0. The molecule has 0 amide bonds. The van der Waals surface area contributed by atoms with Crippen LogP contribution in [0.4, 0.5) is 0 Å². The fourth-order valence-electron chi connectivity index (χ4n) is 2.34. The predicted molar refractivity (Wildman–Crippen MR) is 74.3 cm³/mol.